The highest BCUT2D eigenvalue weighted by Gasteiger charge is 2.21. The minimum Gasteiger partial charge on any atom is -0.453 e. The summed E-state index contributed by atoms with van der Waals surface area (Å²) in [6.45, 7) is 3.51. The molecule has 0 amide bonds. The molecular formula is C15H16O3. The molecule has 1 unspecified atom stereocenters. The molecule has 3 heteroatoms. The second kappa shape index (κ2) is 4.58. The first kappa shape index (κ1) is 11.5. The van der Waals surface area contributed by atoms with Crippen molar-refractivity contribution in [2.75, 3.05) is 13.2 Å². The Balaban J connectivity index is 1.82. The maximum atomic E-state index is 12.1. The van der Waals surface area contributed by atoms with Crippen molar-refractivity contribution >= 4 is 16.8 Å². The Kier molecular flexibility index (Phi) is 2.92. The van der Waals surface area contributed by atoms with Crippen LogP contribution in [0.5, 0.6) is 0 Å². The monoisotopic (exact) mass is 244 g/mol. The van der Waals surface area contributed by atoms with Gasteiger partial charge >= 0.3 is 0 Å². The lowest BCUT2D eigenvalue weighted by Crippen LogP contribution is -2.07. The van der Waals surface area contributed by atoms with E-state index in [1.54, 1.807) is 0 Å². The fraction of sp³-hybridized carbons (Fsp3) is 0.400. The van der Waals surface area contributed by atoms with Crippen molar-refractivity contribution in [1.29, 1.82) is 0 Å². The zero-order valence-electron chi connectivity index (χ0n) is 10.4. The maximum Gasteiger partial charge on any atom is 0.198 e. The Labute approximate surface area is 106 Å². The first-order valence-electron chi connectivity index (χ1n) is 6.33. The molecular weight excluding hydrogens is 228 g/mol. The summed E-state index contributed by atoms with van der Waals surface area (Å²) in [5.41, 5.74) is 1.96. The third-order valence-electron chi connectivity index (χ3n) is 3.44. The predicted molar refractivity (Wildman–Crippen MR) is 68.8 cm³/mol. The molecule has 0 saturated carbocycles. The lowest BCUT2D eigenvalue weighted by atomic mass is 10.0. The van der Waals surface area contributed by atoms with Crippen LogP contribution in [0.4, 0.5) is 0 Å². The van der Waals surface area contributed by atoms with Gasteiger partial charge in [0.05, 0.1) is 0 Å². The maximum absolute atomic E-state index is 12.1. The van der Waals surface area contributed by atoms with Crippen LogP contribution >= 0.6 is 0 Å². The molecule has 18 heavy (non-hydrogen) atoms. The number of aryl methyl sites for hydroxylation is 1. The van der Waals surface area contributed by atoms with E-state index in [9.17, 15) is 4.79 Å². The summed E-state index contributed by atoms with van der Waals surface area (Å²) >= 11 is 0. The van der Waals surface area contributed by atoms with Gasteiger partial charge < -0.3 is 9.15 Å². The molecule has 1 fully saturated rings. The Morgan fingerprint density at radius 2 is 2.28 bits per heavy atom. The molecule has 2 heterocycles. The normalized spacial score (nSPS) is 19.5. The second-order valence-corrected chi connectivity index (χ2v) is 5.01. The highest BCUT2D eigenvalue weighted by Crippen LogP contribution is 2.24. The van der Waals surface area contributed by atoms with E-state index in [0.717, 1.165) is 24.0 Å². The van der Waals surface area contributed by atoms with E-state index in [2.05, 4.69) is 0 Å². The number of carbonyl (C=O) groups excluding carboxylic acids is 1. The molecule has 2 aromatic rings. The smallest absolute Gasteiger partial charge is 0.198 e. The van der Waals surface area contributed by atoms with Gasteiger partial charge in [-0.2, -0.15) is 0 Å². The van der Waals surface area contributed by atoms with Crippen LogP contribution in [-0.4, -0.2) is 19.0 Å². The van der Waals surface area contributed by atoms with Gasteiger partial charge in [-0.05, 0) is 37.5 Å². The van der Waals surface area contributed by atoms with Crippen LogP contribution in [-0.2, 0) is 4.74 Å². The van der Waals surface area contributed by atoms with E-state index in [1.165, 1.54) is 5.56 Å². The molecule has 1 aliphatic heterocycles. The van der Waals surface area contributed by atoms with Gasteiger partial charge in [0.25, 0.3) is 0 Å². The fourth-order valence-electron chi connectivity index (χ4n) is 2.41. The standard InChI is InChI=1S/C15H16O3/c1-10-2-3-14-12(6-10)8-15(18-14)13(16)7-11-4-5-17-9-11/h2-3,6,8,11H,4-5,7,9H2,1H3. The summed E-state index contributed by atoms with van der Waals surface area (Å²) in [6, 6.07) is 7.79. The Morgan fingerprint density at radius 3 is 3.06 bits per heavy atom. The van der Waals surface area contributed by atoms with Crippen LogP contribution in [0, 0.1) is 12.8 Å². The average molecular weight is 244 g/mol. The third kappa shape index (κ3) is 2.18. The van der Waals surface area contributed by atoms with Crippen LogP contribution in [0.1, 0.15) is 29.0 Å². The van der Waals surface area contributed by atoms with Gasteiger partial charge in [0.15, 0.2) is 11.5 Å². The summed E-state index contributed by atoms with van der Waals surface area (Å²) in [7, 11) is 0. The van der Waals surface area contributed by atoms with Crippen molar-refractivity contribution in [3.63, 3.8) is 0 Å². The SMILES string of the molecule is Cc1ccc2oc(C(=O)CC3CCOC3)cc2c1. The first-order valence-corrected chi connectivity index (χ1v) is 6.33. The molecule has 1 aromatic heterocycles. The van der Waals surface area contributed by atoms with Gasteiger partial charge in [-0.1, -0.05) is 11.6 Å². The summed E-state index contributed by atoms with van der Waals surface area (Å²) in [6.07, 6.45) is 1.50. The number of furan rings is 1. The van der Waals surface area contributed by atoms with Gasteiger partial charge in [-0.15, -0.1) is 0 Å². The molecule has 3 nitrogen and oxygen atoms in total. The zero-order valence-corrected chi connectivity index (χ0v) is 10.4. The first-order chi connectivity index (χ1) is 8.72. The van der Waals surface area contributed by atoms with Crippen LogP contribution in [0.3, 0.4) is 0 Å². The topological polar surface area (TPSA) is 39.4 Å². The molecule has 94 valence electrons. The molecule has 0 spiro atoms. The van der Waals surface area contributed by atoms with Gasteiger partial charge in [0, 0.05) is 25.0 Å². The lowest BCUT2D eigenvalue weighted by molar-refractivity contribution is 0.0928. The molecule has 3 rings (SSSR count). The van der Waals surface area contributed by atoms with E-state index in [4.69, 9.17) is 9.15 Å². The number of hydrogen-bond donors (Lipinski definition) is 0. The van der Waals surface area contributed by atoms with Gasteiger partial charge in [-0.25, -0.2) is 0 Å². The molecule has 0 aliphatic carbocycles. The molecule has 0 N–H and O–H groups in total. The Morgan fingerprint density at radius 1 is 1.39 bits per heavy atom. The van der Waals surface area contributed by atoms with Crippen molar-refractivity contribution in [2.24, 2.45) is 5.92 Å². The number of fused-ring (bicyclic) bond motifs is 1. The molecule has 0 radical (unpaired) electrons. The number of Topliss-reactive ketones (excluding diaryl/α,β-unsaturated/α-hetero) is 1. The van der Waals surface area contributed by atoms with Crippen LogP contribution in [0.25, 0.3) is 11.0 Å². The number of hydrogen-bond acceptors (Lipinski definition) is 3. The second-order valence-electron chi connectivity index (χ2n) is 5.01. The number of benzene rings is 1. The highest BCUT2D eigenvalue weighted by atomic mass is 16.5. The van der Waals surface area contributed by atoms with Gasteiger partial charge in [0.1, 0.15) is 5.58 Å². The van der Waals surface area contributed by atoms with Crippen LogP contribution in [0.15, 0.2) is 28.7 Å². The molecule has 1 aliphatic rings. The largest absolute Gasteiger partial charge is 0.453 e. The van der Waals surface area contributed by atoms with Crippen LogP contribution in [0.2, 0.25) is 0 Å². The molecule has 1 atom stereocenters. The average Bonchev–Trinajstić information content (AvgIpc) is 2.96. The summed E-state index contributed by atoms with van der Waals surface area (Å²) in [4.78, 5) is 12.1. The quantitative estimate of drug-likeness (QED) is 0.777. The Bertz CT molecular complexity index is 576. The number of carbonyl (C=O) groups is 1. The Hall–Kier alpha value is -1.61. The summed E-state index contributed by atoms with van der Waals surface area (Å²) < 4.78 is 10.9. The predicted octanol–water partition coefficient (Wildman–Crippen LogP) is 3.35. The third-order valence-corrected chi connectivity index (χ3v) is 3.44. The number of ether oxygens (including phenoxy) is 1. The van der Waals surface area contributed by atoms with E-state index >= 15 is 0 Å². The zero-order chi connectivity index (χ0) is 12.5. The minimum absolute atomic E-state index is 0.0827. The van der Waals surface area contributed by atoms with E-state index in [0.29, 0.717) is 24.7 Å². The summed E-state index contributed by atoms with van der Waals surface area (Å²) in [5.74, 6) is 0.911. The number of ketones is 1. The van der Waals surface area contributed by atoms with Crippen molar-refractivity contribution < 1.29 is 13.9 Å². The molecule has 0 bridgehead atoms. The van der Waals surface area contributed by atoms with E-state index in [-0.39, 0.29) is 5.78 Å². The van der Waals surface area contributed by atoms with Gasteiger partial charge in [-0.3, -0.25) is 4.79 Å². The molecule has 1 aromatic carbocycles. The highest BCUT2D eigenvalue weighted by molar-refractivity contribution is 5.97. The van der Waals surface area contributed by atoms with E-state index < -0.39 is 0 Å². The van der Waals surface area contributed by atoms with Crippen LogP contribution < -0.4 is 0 Å². The van der Waals surface area contributed by atoms with Crippen molar-refractivity contribution in [2.45, 2.75) is 19.8 Å². The molecule has 1 saturated heterocycles. The lowest BCUT2D eigenvalue weighted by Gasteiger charge is -2.03. The number of rotatable bonds is 3. The summed E-state index contributed by atoms with van der Waals surface area (Å²) in [5, 5.41) is 1.00. The fourth-order valence-corrected chi connectivity index (χ4v) is 2.41. The minimum atomic E-state index is 0.0827. The van der Waals surface area contributed by atoms with E-state index in [1.807, 2.05) is 31.2 Å². The van der Waals surface area contributed by atoms with Crippen molar-refractivity contribution in [1.82, 2.24) is 0 Å². The van der Waals surface area contributed by atoms with Gasteiger partial charge in [0.2, 0.25) is 0 Å². The van der Waals surface area contributed by atoms with Crippen molar-refractivity contribution in [3.05, 3.63) is 35.6 Å². The van der Waals surface area contributed by atoms with Crippen molar-refractivity contribution in [3.8, 4) is 0 Å².